The first-order valence-electron chi connectivity index (χ1n) is 4.99. The summed E-state index contributed by atoms with van der Waals surface area (Å²) in [7, 11) is 0. The summed E-state index contributed by atoms with van der Waals surface area (Å²) in [6, 6.07) is 10.3. The second-order valence-corrected chi connectivity index (χ2v) is 3.96. The highest BCUT2D eigenvalue weighted by molar-refractivity contribution is 7.09. The van der Waals surface area contributed by atoms with E-state index in [-0.39, 0.29) is 0 Å². The predicted molar refractivity (Wildman–Crippen MR) is 63.1 cm³/mol. The molecule has 0 radical (unpaired) electrons. The summed E-state index contributed by atoms with van der Waals surface area (Å²) in [5.41, 5.74) is 1.26. The minimum absolute atomic E-state index is 0.805. The fourth-order valence-electron chi connectivity index (χ4n) is 1.24. The van der Waals surface area contributed by atoms with Crippen LogP contribution in [0.3, 0.4) is 0 Å². The molecule has 0 aliphatic rings. The van der Waals surface area contributed by atoms with Gasteiger partial charge in [-0.25, -0.2) is 4.98 Å². The molecule has 0 aliphatic carbocycles. The number of hydrogen-bond acceptors (Lipinski definition) is 4. The van der Waals surface area contributed by atoms with Gasteiger partial charge in [-0.3, -0.25) is 0 Å². The van der Waals surface area contributed by atoms with E-state index in [1.54, 1.807) is 0 Å². The van der Waals surface area contributed by atoms with Gasteiger partial charge in [0, 0.05) is 24.5 Å². The molecule has 3 nitrogen and oxygen atoms in total. The molecule has 78 valence electrons. The molecule has 0 amide bonds. The average molecular weight is 219 g/mol. The molecule has 0 aliphatic heterocycles. The third-order valence-corrected chi connectivity index (χ3v) is 2.78. The molecule has 1 aromatic heterocycles. The van der Waals surface area contributed by atoms with Crippen molar-refractivity contribution >= 4 is 16.7 Å². The molecule has 1 heterocycles. The number of nitrogens with one attached hydrogen (secondary N) is 1. The van der Waals surface area contributed by atoms with Crippen molar-refractivity contribution in [2.24, 2.45) is 0 Å². The molecule has 0 saturated heterocycles. The van der Waals surface area contributed by atoms with Gasteiger partial charge in [0.1, 0.15) is 5.82 Å². The summed E-state index contributed by atoms with van der Waals surface area (Å²) in [6.45, 7) is 2.86. The summed E-state index contributed by atoms with van der Waals surface area (Å²) < 4.78 is 4.22. The summed E-state index contributed by atoms with van der Waals surface area (Å²) in [5, 5.41) is 4.16. The fourth-order valence-corrected chi connectivity index (χ4v) is 1.89. The summed E-state index contributed by atoms with van der Waals surface area (Å²) in [5.74, 6) is 0.913. The van der Waals surface area contributed by atoms with Gasteiger partial charge in [0.15, 0.2) is 0 Å². The average Bonchev–Trinajstić information content (AvgIpc) is 2.76. The van der Waals surface area contributed by atoms with Crippen LogP contribution in [0.4, 0.5) is 5.13 Å². The third-order valence-electron chi connectivity index (χ3n) is 2.07. The molecule has 0 atom stereocenters. The molecule has 0 spiro atoms. The fraction of sp³-hybridized carbons (Fsp3) is 0.273. The number of anilines is 1. The number of aromatic nitrogens is 2. The highest BCUT2D eigenvalue weighted by Gasteiger charge is 2.00. The van der Waals surface area contributed by atoms with Crippen LogP contribution in [0.15, 0.2) is 30.3 Å². The Morgan fingerprint density at radius 1 is 1.27 bits per heavy atom. The highest BCUT2D eigenvalue weighted by Crippen LogP contribution is 2.12. The second-order valence-electron chi connectivity index (χ2n) is 3.21. The highest BCUT2D eigenvalue weighted by atomic mass is 32.1. The van der Waals surface area contributed by atoms with Crippen molar-refractivity contribution in [1.29, 1.82) is 0 Å². The van der Waals surface area contributed by atoms with Gasteiger partial charge in [-0.05, 0) is 5.56 Å². The van der Waals surface area contributed by atoms with Crippen LogP contribution in [-0.4, -0.2) is 9.36 Å². The van der Waals surface area contributed by atoms with Gasteiger partial charge in [0.05, 0.1) is 0 Å². The van der Waals surface area contributed by atoms with Gasteiger partial charge in [0.25, 0.3) is 0 Å². The van der Waals surface area contributed by atoms with Crippen LogP contribution in [0.1, 0.15) is 18.3 Å². The summed E-state index contributed by atoms with van der Waals surface area (Å²) in [4.78, 5) is 4.34. The van der Waals surface area contributed by atoms with Crippen LogP contribution in [0.2, 0.25) is 0 Å². The normalized spacial score (nSPS) is 10.2. The van der Waals surface area contributed by atoms with Gasteiger partial charge < -0.3 is 5.32 Å². The van der Waals surface area contributed by atoms with E-state index in [0.29, 0.717) is 0 Å². The lowest BCUT2D eigenvalue weighted by molar-refractivity contribution is 0.993. The smallest absolute Gasteiger partial charge is 0.202 e. The summed E-state index contributed by atoms with van der Waals surface area (Å²) in [6.07, 6.45) is 0.892. The van der Waals surface area contributed by atoms with Gasteiger partial charge in [-0.15, -0.1) is 0 Å². The standard InChI is InChI=1S/C11H13N3S/c1-2-10-13-11(15-14-10)12-8-9-6-4-3-5-7-9/h3-7H,2,8H2,1H3,(H,12,13,14). The van der Waals surface area contributed by atoms with Crippen molar-refractivity contribution < 1.29 is 0 Å². The Hall–Kier alpha value is -1.42. The topological polar surface area (TPSA) is 37.8 Å². The Bertz CT molecular complexity index is 411. The molecule has 0 bridgehead atoms. The Balaban J connectivity index is 1.93. The van der Waals surface area contributed by atoms with Crippen LogP contribution < -0.4 is 5.32 Å². The van der Waals surface area contributed by atoms with Crippen molar-refractivity contribution in [2.45, 2.75) is 19.9 Å². The second kappa shape index (κ2) is 4.89. The SMILES string of the molecule is CCc1nsc(NCc2ccccc2)n1. The molecule has 2 aromatic rings. The van der Waals surface area contributed by atoms with Crippen molar-refractivity contribution in [3.8, 4) is 0 Å². The van der Waals surface area contributed by atoms with Gasteiger partial charge in [-0.1, -0.05) is 37.3 Å². The number of hydrogen-bond donors (Lipinski definition) is 1. The molecule has 4 heteroatoms. The minimum Gasteiger partial charge on any atom is -0.356 e. The zero-order chi connectivity index (χ0) is 10.5. The number of nitrogens with zero attached hydrogens (tertiary/aromatic N) is 2. The maximum absolute atomic E-state index is 4.34. The lowest BCUT2D eigenvalue weighted by Gasteiger charge is -2.00. The lowest BCUT2D eigenvalue weighted by atomic mass is 10.2. The largest absolute Gasteiger partial charge is 0.356 e. The van der Waals surface area contributed by atoms with E-state index in [9.17, 15) is 0 Å². The molecule has 2 rings (SSSR count). The minimum atomic E-state index is 0.805. The van der Waals surface area contributed by atoms with Crippen molar-refractivity contribution in [1.82, 2.24) is 9.36 Å². The first-order chi connectivity index (χ1) is 7.38. The zero-order valence-corrected chi connectivity index (χ0v) is 9.42. The Morgan fingerprint density at radius 2 is 2.07 bits per heavy atom. The molecule has 0 saturated carbocycles. The molecule has 0 unspecified atom stereocenters. The van der Waals surface area contributed by atoms with E-state index < -0.39 is 0 Å². The molecule has 15 heavy (non-hydrogen) atoms. The zero-order valence-electron chi connectivity index (χ0n) is 8.60. The van der Waals surface area contributed by atoms with Gasteiger partial charge in [-0.2, -0.15) is 4.37 Å². The summed E-state index contributed by atoms with van der Waals surface area (Å²) >= 11 is 1.42. The Labute approximate surface area is 93.4 Å². The molecule has 0 fully saturated rings. The van der Waals surface area contributed by atoms with Crippen LogP contribution in [0.25, 0.3) is 0 Å². The van der Waals surface area contributed by atoms with E-state index in [1.807, 2.05) is 18.2 Å². The molecule has 1 aromatic carbocycles. The Kier molecular flexibility index (Phi) is 3.29. The first-order valence-corrected chi connectivity index (χ1v) is 5.76. The number of benzene rings is 1. The van der Waals surface area contributed by atoms with Crippen LogP contribution in [-0.2, 0) is 13.0 Å². The maximum Gasteiger partial charge on any atom is 0.202 e. The lowest BCUT2D eigenvalue weighted by Crippen LogP contribution is -1.98. The maximum atomic E-state index is 4.34. The number of rotatable bonds is 4. The predicted octanol–water partition coefficient (Wildman–Crippen LogP) is 2.71. The van der Waals surface area contributed by atoms with Crippen molar-refractivity contribution in [3.63, 3.8) is 0 Å². The van der Waals surface area contributed by atoms with Crippen LogP contribution >= 0.6 is 11.5 Å². The van der Waals surface area contributed by atoms with Crippen LogP contribution in [0, 0.1) is 0 Å². The van der Waals surface area contributed by atoms with Gasteiger partial charge in [0.2, 0.25) is 5.13 Å². The van der Waals surface area contributed by atoms with E-state index in [4.69, 9.17) is 0 Å². The quantitative estimate of drug-likeness (QED) is 0.859. The van der Waals surface area contributed by atoms with Gasteiger partial charge >= 0.3 is 0 Å². The monoisotopic (exact) mass is 219 g/mol. The number of aryl methyl sites for hydroxylation is 1. The van der Waals surface area contributed by atoms with Crippen molar-refractivity contribution in [3.05, 3.63) is 41.7 Å². The third kappa shape index (κ3) is 2.76. The molecular weight excluding hydrogens is 206 g/mol. The first kappa shape index (κ1) is 10.1. The van der Waals surface area contributed by atoms with Crippen molar-refractivity contribution in [2.75, 3.05) is 5.32 Å². The van der Waals surface area contributed by atoms with E-state index >= 15 is 0 Å². The van der Waals surface area contributed by atoms with E-state index in [2.05, 4.69) is 33.7 Å². The molecule has 1 N–H and O–H groups in total. The molecular formula is C11H13N3S. The van der Waals surface area contributed by atoms with Crippen LogP contribution in [0.5, 0.6) is 0 Å². The van der Waals surface area contributed by atoms with E-state index in [1.165, 1.54) is 17.1 Å². The van der Waals surface area contributed by atoms with E-state index in [0.717, 1.165) is 23.9 Å². The Morgan fingerprint density at radius 3 is 2.73 bits per heavy atom.